The molecule has 3 rings (SSSR count). The van der Waals surface area contributed by atoms with Gasteiger partial charge in [0.2, 0.25) is 0 Å². The number of urea groups is 1. The van der Waals surface area contributed by atoms with Crippen LogP contribution in [0.25, 0.3) is 0 Å². The van der Waals surface area contributed by atoms with Crippen LogP contribution in [0.4, 0.5) is 22.0 Å². The molecule has 0 saturated heterocycles. The predicted octanol–water partition coefficient (Wildman–Crippen LogP) is 2.47. The molecule has 1 aromatic heterocycles. The molecule has 0 unspecified atom stereocenters. The molecule has 0 saturated carbocycles. The van der Waals surface area contributed by atoms with Crippen molar-refractivity contribution in [3.63, 3.8) is 0 Å². The van der Waals surface area contributed by atoms with Crippen LogP contribution < -0.4 is 20.7 Å². The number of fused-ring (bicyclic) bond motifs is 1. The van der Waals surface area contributed by atoms with Crippen molar-refractivity contribution in [1.29, 1.82) is 0 Å². The van der Waals surface area contributed by atoms with Crippen molar-refractivity contribution in [3.8, 4) is 5.75 Å². The zero-order valence-electron chi connectivity index (χ0n) is 10.9. The number of hydrogen-bond donors (Lipinski definition) is 3. The minimum absolute atomic E-state index is 0.233. The SMILES string of the molecule is COc1cccc(Nc2ccnc3c2CNC(=O)N3)c1. The monoisotopic (exact) mass is 270 g/mol. The first-order valence-electron chi connectivity index (χ1n) is 6.20. The van der Waals surface area contributed by atoms with Crippen molar-refractivity contribution in [2.75, 3.05) is 17.7 Å². The van der Waals surface area contributed by atoms with Crippen molar-refractivity contribution in [1.82, 2.24) is 10.3 Å². The molecule has 1 aliphatic rings. The number of anilines is 3. The standard InChI is InChI=1S/C14H14N4O2/c1-20-10-4-2-3-9(7-10)17-12-5-6-15-13-11(12)8-16-14(19)18-13/h2-7H,8H2,1H3,(H3,15,16,17,18,19). The van der Waals surface area contributed by atoms with Gasteiger partial charge in [-0.05, 0) is 18.2 Å². The Bertz CT molecular complexity index is 657. The Balaban J connectivity index is 1.91. The molecule has 1 aliphatic heterocycles. The topological polar surface area (TPSA) is 75.3 Å². The number of hydrogen-bond acceptors (Lipinski definition) is 4. The third kappa shape index (κ3) is 2.35. The van der Waals surface area contributed by atoms with E-state index in [9.17, 15) is 4.79 Å². The first-order valence-corrected chi connectivity index (χ1v) is 6.20. The van der Waals surface area contributed by atoms with E-state index in [0.29, 0.717) is 12.4 Å². The molecule has 2 heterocycles. The number of amides is 2. The second-order valence-corrected chi connectivity index (χ2v) is 4.35. The molecule has 3 N–H and O–H groups in total. The number of pyridine rings is 1. The van der Waals surface area contributed by atoms with Gasteiger partial charge in [-0.1, -0.05) is 6.07 Å². The third-order valence-corrected chi connectivity index (χ3v) is 3.06. The number of carbonyl (C=O) groups excluding carboxylic acids is 1. The molecule has 6 nitrogen and oxygen atoms in total. The number of rotatable bonds is 3. The highest BCUT2D eigenvalue weighted by Gasteiger charge is 2.18. The first-order chi connectivity index (χ1) is 9.76. The number of aromatic nitrogens is 1. The Kier molecular flexibility index (Phi) is 3.12. The van der Waals surface area contributed by atoms with E-state index in [0.717, 1.165) is 22.7 Å². The maximum atomic E-state index is 11.3. The average Bonchev–Trinajstić information content (AvgIpc) is 2.47. The molecule has 1 aromatic carbocycles. The fourth-order valence-electron chi connectivity index (χ4n) is 2.07. The average molecular weight is 270 g/mol. The molecule has 6 heteroatoms. The van der Waals surface area contributed by atoms with Crippen LogP contribution >= 0.6 is 0 Å². The maximum Gasteiger partial charge on any atom is 0.320 e. The van der Waals surface area contributed by atoms with Crippen LogP contribution in [-0.2, 0) is 6.54 Å². The van der Waals surface area contributed by atoms with Gasteiger partial charge in [0.05, 0.1) is 13.7 Å². The summed E-state index contributed by atoms with van der Waals surface area (Å²) in [7, 11) is 1.63. The summed E-state index contributed by atoms with van der Waals surface area (Å²) in [4.78, 5) is 15.4. The molecule has 2 amide bonds. The molecule has 0 fully saturated rings. The Morgan fingerprint density at radius 1 is 1.35 bits per heavy atom. The number of ether oxygens (including phenoxy) is 1. The predicted molar refractivity (Wildman–Crippen MR) is 76.4 cm³/mol. The molecular weight excluding hydrogens is 256 g/mol. The fraction of sp³-hybridized carbons (Fsp3) is 0.143. The lowest BCUT2D eigenvalue weighted by atomic mass is 10.1. The number of methoxy groups -OCH3 is 1. The molecule has 102 valence electrons. The van der Waals surface area contributed by atoms with Gasteiger partial charge in [0.1, 0.15) is 11.6 Å². The van der Waals surface area contributed by atoms with Crippen LogP contribution in [0.15, 0.2) is 36.5 Å². The second-order valence-electron chi connectivity index (χ2n) is 4.35. The van der Waals surface area contributed by atoms with Crippen LogP contribution in [0, 0.1) is 0 Å². The van der Waals surface area contributed by atoms with Crippen LogP contribution in [-0.4, -0.2) is 18.1 Å². The summed E-state index contributed by atoms with van der Waals surface area (Å²) >= 11 is 0. The molecule has 0 radical (unpaired) electrons. The van der Waals surface area contributed by atoms with Crippen molar-refractivity contribution < 1.29 is 9.53 Å². The van der Waals surface area contributed by atoms with Gasteiger partial charge in [0.15, 0.2) is 0 Å². The highest BCUT2D eigenvalue weighted by molar-refractivity contribution is 5.92. The molecule has 2 aromatic rings. The van der Waals surface area contributed by atoms with Gasteiger partial charge in [-0.25, -0.2) is 9.78 Å². The van der Waals surface area contributed by atoms with Gasteiger partial charge in [0.25, 0.3) is 0 Å². The van der Waals surface area contributed by atoms with Gasteiger partial charge in [-0.3, -0.25) is 5.32 Å². The highest BCUT2D eigenvalue weighted by atomic mass is 16.5. The van der Waals surface area contributed by atoms with Gasteiger partial charge >= 0.3 is 6.03 Å². The Morgan fingerprint density at radius 2 is 2.25 bits per heavy atom. The number of carbonyl (C=O) groups is 1. The lowest BCUT2D eigenvalue weighted by Crippen LogP contribution is -2.34. The lowest BCUT2D eigenvalue weighted by Gasteiger charge is -2.20. The van der Waals surface area contributed by atoms with Gasteiger partial charge in [-0.15, -0.1) is 0 Å². The maximum absolute atomic E-state index is 11.3. The summed E-state index contributed by atoms with van der Waals surface area (Å²) < 4.78 is 5.20. The van der Waals surface area contributed by atoms with E-state index in [4.69, 9.17) is 4.74 Å². The second kappa shape index (κ2) is 5.08. The van der Waals surface area contributed by atoms with Gasteiger partial charge in [0, 0.05) is 29.2 Å². The van der Waals surface area contributed by atoms with Crippen molar-refractivity contribution >= 4 is 23.2 Å². The van der Waals surface area contributed by atoms with E-state index in [-0.39, 0.29) is 6.03 Å². The zero-order chi connectivity index (χ0) is 13.9. The van der Waals surface area contributed by atoms with E-state index in [1.165, 1.54) is 0 Å². The van der Waals surface area contributed by atoms with Crippen molar-refractivity contribution in [2.24, 2.45) is 0 Å². The van der Waals surface area contributed by atoms with Crippen LogP contribution in [0.2, 0.25) is 0 Å². The van der Waals surface area contributed by atoms with Crippen LogP contribution in [0.3, 0.4) is 0 Å². The quantitative estimate of drug-likeness (QED) is 0.801. The number of benzene rings is 1. The zero-order valence-corrected chi connectivity index (χ0v) is 10.9. The fourth-order valence-corrected chi connectivity index (χ4v) is 2.07. The van der Waals surface area contributed by atoms with Gasteiger partial charge < -0.3 is 15.4 Å². The molecule has 0 bridgehead atoms. The van der Waals surface area contributed by atoms with E-state index >= 15 is 0 Å². The normalized spacial score (nSPS) is 12.9. The van der Waals surface area contributed by atoms with E-state index < -0.39 is 0 Å². The molecule has 0 spiro atoms. The van der Waals surface area contributed by atoms with Crippen molar-refractivity contribution in [2.45, 2.75) is 6.54 Å². The molecule has 20 heavy (non-hydrogen) atoms. The number of nitrogens with one attached hydrogen (secondary N) is 3. The summed E-state index contributed by atoms with van der Waals surface area (Å²) in [5.41, 5.74) is 2.74. The van der Waals surface area contributed by atoms with Gasteiger partial charge in [-0.2, -0.15) is 0 Å². The first kappa shape index (κ1) is 12.3. The van der Waals surface area contributed by atoms with Crippen LogP contribution in [0.5, 0.6) is 5.75 Å². The lowest BCUT2D eigenvalue weighted by molar-refractivity contribution is 0.250. The minimum atomic E-state index is -0.233. The summed E-state index contributed by atoms with van der Waals surface area (Å²) in [6, 6.07) is 9.29. The number of nitrogens with zero attached hydrogens (tertiary/aromatic N) is 1. The smallest absolute Gasteiger partial charge is 0.320 e. The van der Waals surface area contributed by atoms with E-state index in [2.05, 4.69) is 20.9 Å². The Hall–Kier alpha value is -2.76. The largest absolute Gasteiger partial charge is 0.497 e. The van der Waals surface area contributed by atoms with E-state index in [1.54, 1.807) is 13.3 Å². The Morgan fingerprint density at radius 3 is 3.10 bits per heavy atom. The Labute approximate surface area is 116 Å². The third-order valence-electron chi connectivity index (χ3n) is 3.06. The summed E-state index contributed by atoms with van der Waals surface area (Å²) in [6.45, 7) is 0.446. The van der Waals surface area contributed by atoms with Crippen LogP contribution in [0.1, 0.15) is 5.56 Å². The summed E-state index contributed by atoms with van der Waals surface area (Å²) in [5, 5.41) is 8.73. The van der Waals surface area contributed by atoms with E-state index in [1.807, 2.05) is 30.3 Å². The summed E-state index contributed by atoms with van der Waals surface area (Å²) in [5.74, 6) is 1.37. The molecule has 0 atom stereocenters. The summed E-state index contributed by atoms with van der Waals surface area (Å²) in [6.07, 6.45) is 1.66. The molecular formula is C14H14N4O2. The minimum Gasteiger partial charge on any atom is -0.497 e. The van der Waals surface area contributed by atoms with Crippen molar-refractivity contribution in [3.05, 3.63) is 42.1 Å². The highest BCUT2D eigenvalue weighted by Crippen LogP contribution is 2.28. The molecule has 0 aliphatic carbocycles.